The number of hydrogen-bond donors (Lipinski definition) is 0. The molecule has 1 aromatic carbocycles. The highest BCUT2D eigenvalue weighted by atomic mass is 16.2. The van der Waals surface area contributed by atoms with Gasteiger partial charge in [0.15, 0.2) is 11.2 Å². The predicted molar refractivity (Wildman–Crippen MR) is 132 cm³/mol. The first kappa shape index (κ1) is 21.9. The third kappa shape index (κ3) is 3.90. The molecule has 8 heteroatoms. The van der Waals surface area contributed by atoms with Crippen LogP contribution < -0.4 is 16.1 Å². The van der Waals surface area contributed by atoms with Gasteiger partial charge in [0.25, 0.3) is 5.56 Å². The molecule has 8 nitrogen and oxygen atoms in total. The molecule has 0 spiro atoms. The highest BCUT2D eigenvalue weighted by Gasteiger charge is 2.30. The Balaban J connectivity index is 1.62. The van der Waals surface area contributed by atoms with Crippen molar-refractivity contribution >= 4 is 22.8 Å². The Morgan fingerprint density at radius 3 is 2.36 bits per heavy atom. The molecule has 0 radical (unpaired) electrons. The van der Waals surface area contributed by atoms with Crippen LogP contribution in [-0.2, 0) is 20.1 Å². The zero-order valence-corrected chi connectivity index (χ0v) is 20.2. The van der Waals surface area contributed by atoms with Crippen molar-refractivity contribution in [2.45, 2.75) is 53.1 Å². The highest BCUT2D eigenvalue weighted by Crippen LogP contribution is 2.33. The normalized spacial score (nSPS) is 19.3. The van der Waals surface area contributed by atoms with E-state index in [-0.39, 0.29) is 11.2 Å². The van der Waals surface area contributed by atoms with Crippen LogP contribution in [-0.4, -0.2) is 49.8 Å². The number of anilines is 2. The molecule has 5 rings (SSSR count). The van der Waals surface area contributed by atoms with Crippen molar-refractivity contribution in [1.82, 2.24) is 23.6 Å². The molecule has 1 fully saturated rings. The van der Waals surface area contributed by atoms with E-state index in [0.717, 1.165) is 37.8 Å². The first-order chi connectivity index (χ1) is 15.8. The molecule has 4 heterocycles. The fourth-order valence-electron chi connectivity index (χ4n) is 5.45. The molecule has 2 aromatic heterocycles. The average molecular weight is 451 g/mol. The predicted octanol–water partition coefficient (Wildman–Crippen LogP) is 2.79. The van der Waals surface area contributed by atoms with Gasteiger partial charge < -0.3 is 14.4 Å². The van der Waals surface area contributed by atoms with Crippen molar-refractivity contribution in [3.05, 3.63) is 50.2 Å². The minimum atomic E-state index is -0.286. The zero-order valence-electron chi connectivity index (χ0n) is 20.2. The molecule has 176 valence electrons. The molecular formula is C25H34N6O2. The number of rotatable bonds is 4. The van der Waals surface area contributed by atoms with E-state index < -0.39 is 0 Å². The topological polar surface area (TPSA) is 68.3 Å². The second-order valence-corrected chi connectivity index (χ2v) is 9.96. The van der Waals surface area contributed by atoms with E-state index in [4.69, 9.17) is 4.98 Å². The maximum absolute atomic E-state index is 13.6. The second-order valence-electron chi connectivity index (χ2n) is 9.96. The van der Waals surface area contributed by atoms with Crippen molar-refractivity contribution in [2.75, 3.05) is 31.1 Å². The quantitative estimate of drug-likeness (QED) is 0.612. The third-order valence-electron chi connectivity index (χ3n) is 7.05. The molecule has 0 unspecified atom stereocenters. The molecule has 0 N–H and O–H groups in total. The number of aromatic nitrogens is 4. The highest BCUT2D eigenvalue weighted by molar-refractivity contribution is 5.77. The van der Waals surface area contributed by atoms with Gasteiger partial charge in [0, 0.05) is 38.9 Å². The smallest absolute Gasteiger partial charge is 0.312 e. The summed E-state index contributed by atoms with van der Waals surface area (Å²) in [5.74, 6) is 1.09. The van der Waals surface area contributed by atoms with Gasteiger partial charge in [-0.1, -0.05) is 19.4 Å². The van der Waals surface area contributed by atoms with Crippen LogP contribution in [0.4, 0.5) is 11.6 Å². The fourth-order valence-corrected chi connectivity index (χ4v) is 5.45. The Kier molecular flexibility index (Phi) is 5.64. The number of imidazole rings is 1. The minimum absolute atomic E-state index is 0.224. The van der Waals surface area contributed by atoms with Crippen LogP contribution in [0.5, 0.6) is 0 Å². The van der Waals surface area contributed by atoms with E-state index >= 15 is 0 Å². The van der Waals surface area contributed by atoms with Gasteiger partial charge in [0.1, 0.15) is 0 Å². The Hall–Kier alpha value is -2.87. The van der Waals surface area contributed by atoms with Crippen molar-refractivity contribution in [2.24, 2.45) is 13.0 Å². The first-order valence-electron chi connectivity index (χ1n) is 12.1. The van der Waals surface area contributed by atoms with Gasteiger partial charge in [-0.25, -0.2) is 4.79 Å². The van der Waals surface area contributed by atoms with Gasteiger partial charge >= 0.3 is 5.69 Å². The number of piperidine rings is 1. The Labute approximate surface area is 194 Å². The van der Waals surface area contributed by atoms with Crippen LogP contribution in [0.25, 0.3) is 11.2 Å². The van der Waals surface area contributed by atoms with E-state index in [0.29, 0.717) is 30.2 Å². The van der Waals surface area contributed by atoms with Crippen LogP contribution in [0.3, 0.4) is 0 Å². The molecule has 0 bridgehead atoms. The van der Waals surface area contributed by atoms with Crippen LogP contribution >= 0.6 is 0 Å². The second kappa shape index (κ2) is 8.48. The summed E-state index contributed by atoms with van der Waals surface area (Å²) >= 11 is 0. The lowest BCUT2D eigenvalue weighted by Gasteiger charge is -2.33. The number of aryl methyl sites for hydroxylation is 3. The summed E-state index contributed by atoms with van der Waals surface area (Å²) in [5.41, 5.74) is 3.95. The lowest BCUT2D eigenvalue weighted by molar-refractivity contribution is 0.218. The lowest BCUT2D eigenvalue weighted by atomic mass is 10.1. The van der Waals surface area contributed by atoms with Crippen LogP contribution in [0, 0.1) is 19.8 Å². The molecule has 0 saturated carbocycles. The van der Waals surface area contributed by atoms with Gasteiger partial charge in [-0.3, -0.25) is 13.9 Å². The van der Waals surface area contributed by atoms with Crippen LogP contribution in [0.1, 0.15) is 37.3 Å². The van der Waals surface area contributed by atoms with Gasteiger partial charge in [-0.15, -0.1) is 0 Å². The number of fused-ring (bicyclic) bond motifs is 3. The molecule has 2 aliphatic heterocycles. The molecule has 33 heavy (non-hydrogen) atoms. The summed E-state index contributed by atoms with van der Waals surface area (Å²) in [6.07, 6.45) is 3.64. The van der Waals surface area contributed by atoms with E-state index in [1.165, 1.54) is 35.0 Å². The van der Waals surface area contributed by atoms with Gasteiger partial charge in [-0.2, -0.15) is 4.98 Å². The molecule has 0 amide bonds. The largest absolute Gasteiger partial charge is 0.332 e. The summed E-state index contributed by atoms with van der Waals surface area (Å²) in [6.45, 7) is 11.2. The standard InChI is InChI=1S/C25H34N6O2/c1-17-12-18(2)14-20(13-17)30-15-19(3)16-31-21-22(26-24(30)31)27(4)25(33)29(23(21)32)11-10-28-8-6-5-7-9-28/h12-14,19H,5-11,15-16H2,1-4H3/t19-/m1/s1. The van der Waals surface area contributed by atoms with Crippen LogP contribution in [0.2, 0.25) is 0 Å². The lowest BCUT2D eigenvalue weighted by Crippen LogP contribution is -2.43. The Morgan fingerprint density at radius 2 is 1.67 bits per heavy atom. The number of likely N-dealkylation sites (tertiary alicyclic amines) is 1. The third-order valence-corrected chi connectivity index (χ3v) is 7.05. The van der Waals surface area contributed by atoms with E-state index in [9.17, 15) is 9.59 Å². The number of benzene rings is 1. The van der Waals surface area contributed by atoms with Crippen molar-refractivity contribution in [3.63, 3.8) is 0 Å². The zero-order chi connectivity index (χ0) is 23.3. The fraction of sp³-hybridized carbons (Fsp3) is 0.560. The molecule has 1 saturated heterocycles. The molecule has 1 atom stereocenters. The Bertz CT molecular complexity index is 1290. The van der Waals surface area contributed by atoms with E-state index in [1.807, 2.05) is 4.57 Å². The van der Waals surface area contributed by atoms with Crippen molar-refractivity contribution in [3.8, 4) is 0 Å². The summed E-state index contributed by atoms with van der Waals surface area (Å²) < 4.78 is 4.98. The Morgan fingerprint density at radius 1 is 0.970 bits per heavy atom. The summed E-state index contributed by atoms with van der Waals surface area (Å²) in [4.78, 5) is 36.1. The summed E-state index contributed by atoms with van der Waals surface area (Å²) in [5, 5.41) is 0. The molecular weight excluding hydrogens is 416 g/mol. The number of nitrogens with zero attached hydrogens (tertiary/aromatic N) is 6. The molecule has 2 aliphatic rings. The number of hydrogen-bond acceptors (Lipinski definition) is 5. The summed E-state index contributed by atoms with van der Waals surface area (Å²) in [7, 11) is 1.73. The monoisotopic (exact) mass is 450 g/mol. The van der Waals surface area contributed by atoms with Crippen molar-refractivity contribution < 1.29 is 0 Å². The van der Waals surface area contributed by atoms with Gasteiger partial charge in [0.2, 0.25) is 5.95 Å². The van der Waals surface area contributed by atoms with E-state index in [2.05, 4.69) is 48.8 Å². The van der Waals surface area contributed by atoms with Gasteiger partial charge in [0.05, 0.1) is 0 Å². The van der Waals surface area contributed by atoms with E-state index in [1.54, 1.807) is 11.6 Å². The minimum Gasteiger partial charge on any atom is -0.312 e. The first-order valence-corrected chi connectivity index (χ1v) is 12.1. The summed E-state index contributed by atoms with van der Waals surface area (Å²) in [6, 6.07) is 6.47. The average Bonchev–Trinajstić information content (AvgIpc) is 3.16. The molecule has 0 aliphatic carbocycles. The van der Waals surface area contributed by atoms with Crippen molar-refractivity contribution in [1.29, 1.82) is 0 Å². The maximum Gasteiger partial charge on any atom is 0.332 e. The molecule has 3 aromatic rings. The SMILES string of the molecule is Cc1cc(C)cc(N2C[C@@H](C)Cn3c2nc2c3c(=O)n(CCN3CCCCC3)c(=O)n2C)c1. The maximum atomic E-state index is 13.6. The van der Waals surface area contributed by atoms with Crippen LogP contribution in [0.15, 0.2) is 27.8 Å². The van der Waals surface area contributed by atoms with Gasteiger partial charge in [-0.05, 0) is 69.0 Å².